The smallest absolute Gasteiger partial charge is 0.0364 e. The molecule has 0 aliphatic carbocycles. The van der Waals surface area contributed by atoms with Gasteiger partial charge in [-0.15, -0.1) is 0 Å². The standard InChI is InChI=1S/C15H31N3/c1-5-14-7-6-12(2)18(14)15(11-16)8-9-17(4)13(3)10-15/h12-14H,5-11,16H2,1-4H3. The second-order valence-corrected chi connectivity index (χ2v) is 6.61. The summed E-state index contributed by atoms with van der Waals surface area (Å²) in [6.45, 7) is 9.10. The fourth-order valence-corrected chi connectivity index (χ4v) is 4.27. The number of piperidine rings is 1. The minimum absolute atomic E-state index is 0.266. The molecule has 0 saturated carbocycles. The third-order valence-corrected chi connectivity index (χ3v) is 5.54. The van der Waals surface area contributed by atoms with Crippen LogP contribution in [0.15, 0.2) is 0 Å². The first-order valence-corrected chi connectivity index (χ1v) is 7.73. The van der Waals surface area contributed by atoms with E-state index in [-0.39, 0.29) is 5.54 Å². The van der Waals surface area contributed by atoms with Crippen molar-refractivity contribution in [3.63, 3.8) is 0 Å². The van der Waals surface area contributed by atoms with Gasteiger partial charge in [-0.25, -0.2) is 0 Å². The van der Waals surface area contributed by atoms with E-state index >= 15 is 0 Å². The Morgan fingerprint density at radius 1 is 1.22 bits per heavy atom. The highest BCUT2D eigenvalue weighted by molar-refractivity contribution is 5.04. The molecule has 2 N–H and O–H groups in total. The topological polar surface area (TPSA) is 32.5 Å². The highest BCUT2D eigenvalue weighted by atomic mass is 15.3. The first-order valence-electron chi connectivity index (χ1n) is 7.73. The third-order valence-electron chi connectivity index (χ3n) is 5.54. The zero-order chi connectivity index (χ0) is 13.3. The number of rotatable bonds is 3. The molecule has 2 saturated heterocycles. The maximum absolute atomic E-state index is 6.24. The average Bonchev–Trinajstić information content (AvgIpc) is 2.75. The maximum Gasteiger partial charge on any atom is 0.0364 e. The molecule has 0 aromatic carbocycles. The monoisotopic (exact) mass is 253 g/mol. The van der Waals surface area contributed by atoms with Gasteiger partial charge in [0.1, 0.15) is 0 Å². The zero-order valence-corrected chi connectivity index (χ0v) is 12.7. The van der Waals surface area contributed by atoms with E-state index < -0.39 is 0 Å². The Kier molecular flexibility index (Phi) is 4.35. The van der Waals surface area contributed by atoms with Gasteiger partial charge in [0.2, 0.25) is 0 Å². The lowest BCUT2D eigenvalue weighted by Gasteiger charge is -2.52. The Labute approximate surface area is 113 Å². The first-order chi connectivity index (χ1) is 8.54. The average molecular weight is 253 g/mol. The van der Waals surface area contributed by atoms with Gasteiger partial charge < -0.3 is 10.6 Å². The van der Waals surface area contributed by atoms with E-state index in [4.69, 9.17) is 5.73 Å². The van der Waals surface area contributed by atoms with Crippen LogP contribution in [0.2, 0.25) is 0 Å². The molecule has 0 amide bonds. The van der Waals surface area contributed by atoms with Gasteiger partial charge in [0.05, 0.1) is 0 Å². The van der Waals surface area contributed by atoms with Gasteiger partial charge in [0.15, 0.2) is 0 Å². The summed E-state index contributed by atoms with van der Waals surface area (Å²) in [6.07, 6.45) is 6.47. The van der Waals surface area contributed by atoms with Crippen molar-refractivity contribution >= 4 is 0 Å². The van der Waals surface area contributed by atoms with E-state index in [0.29, 0.717) is 12.1 Å². The molecule has 0 aromatic heterocycles. The molecule has 2 heterocycles. The lowest BCUT2D eigenvalue weighted by Crippen LogP contribution is -2.63. The molecule has 2 rings (SSSR count). The highest BCUT2D eigenvalue weighted by Gasteiger charge is 2.47. The van der Waals surface area contributed by atoms with Gasteiger partial charge in [-0.3, -0.25) is 4.90 Å². The zero-order valence-electron chi connectivity index (χ0n) is 12.7. The number of likely N-dealkylation sites (tertiary alicyclic amines) is 2. The fraction of sp³-hybridized carbons (Fsp3) is 1.00. The van der Waals surface area contributed by atoms with Crippen molar-refractivity contribution in [2.24, 2.45) is 5.73 Å². The van der Waals surface area contributed by atoms with Crippen LogP contribution < -0.4 is 5.73 Å². The normalized spacial score (nSPS) is 43.5. The predicted octanol–water partition coefficient (Wildman–Crippen LogP) is 2.06. The van der Waals surface area contributed by atoms with Crippen LogP contribution in [0, 0.1) is 0 Å². The number of hydrogen-bond acceptors (Lipinski definition) is 3. The second-order valence-electron chi connectivity index (χ2n) is 6.61. The van der Waals surface area contributed by atoms with Gasteiger partial charge >= 0.3 is 0 Å². The Morgan fingerprint density at radius 2 is 1.94 bits per heavy atom. The Morgan fingerprint density at radius 3 is 2.50 bits per heavy atom. The molecule has 0 aromatic rings. The lowest BCUT2D eigenvalue weighted by molar-refractivity contribution is -0.0183. The van der Waals surface area contributed by atoms with Crippen molar-refractivity contribution in [2.45, 2.75) is 76.5 Å². The molecule has 0 bridgehead atoms. The van der Waals surface area contributed by atoms with Gasteiger partial charge in [-0.1, -0.05) is 6.92 Å². The van der Waals surface area contributed by atoms with Crippen molar-refractivity contribution < 1.29 is 0 Å². The molecule has 2 aliphatic heterocycles. The molecule has 2 fully saturated rings. The Hall–Kier alpha value is -0.120. The van der Waals surface area contributed by atoms with Crippen LogP contribution >= 0.6 is 0 Å². The lowest BCUT2D eigenvalue weighted by atomic mass is 9.81. The number of hydrogen-bond donors (Lipinski definition) is 1. The third kappa shape index (κ3) is 2.33. The van der Waals surface area contributed by atoms with Gasteiger partial charge in [-0.05, 0) is 59.5 Å². The SMILES string of the molecule is CCC1CCC(C)N1C1(CN)CCN(C)C(C)C1. The molecular formula is C15H31N3. The predicted molar refractivity (Wildman–Crippen MR) is 77.7 cm³/mol. The molecule has 106 valence electrons. The van der Waals surface area contributed by atoms with E-state index in [9.17, 15) is 0 Å². The van der Waals surface area contributed by atoms with Crippen LogP contribution in [0.3, 0.4) is 0 Å². The van der Waals surface area contributed by atoms with Crippen molar-refractivity contribution in [1.29, 1.82) is 0 Å². The van der Waals surface area contributed by atoms with Crippen LogP contribution in [-0.2, 0) is 0 Å². The van der Waals surface area contributed by atoms with Crippen LogP contribution in [0.1, 0.15) is 52.9 Å². The van der Waals surface area contributed by atoms with Crippen molar-refractivity contribution in [1.82, 2.24) is 9.80 Å². The van der Waals surface area contributed by atoms with Crippen LogP contribution in [-0.4, -0.2) is 53.6 Å². The Balaban J connectivity index is 2.21. The summed E-state index contributed by atoms with van der Waals surface area (Å²) in [5.74, 6) is 0. The van der Waals surface area contributed by atoms with E-state index in [2.05, 4.69) is 37.6 Å². The summed E-state index contributed by atoms with van der Waals surface area (Å²) in [5, 5.41) is 0. The number of nitrogens with two attached hydrogens (primary N) is 1. The van der Waals surface area contributed by atoms with Crippen molar-refractivity contribution in [2.75, 3.05) is 20.1 Å². The van der Waals surface area contributed by atoms with E-state index in [0.717, 1.165) is 12.6 Å². The summed E-state index contributed by atoms with van der Waals surface area (Å²) < 4.78 is 0. The highest BCUT2D eigenvalue weighted by Crippen LogP contribution is 2.40. The Bertz CT molecular complexity index is 281. The summed E-state index contributed by atoms with van der Waals surface area (Å²) in [7, 11) is 2.25. The molecule has 0 spiro atoms. The molecule has 0 radical (unpaired) electrons. The van der Waals surface area contributed by atoms with E-state index in [1.807, 2.05) is 0 Å². The molecular weight excluding hydrogens is 222 g/mol. The summed E-state index contributed by atoms with van der Waals surface area (Å²) in [5.41, 5.74) is 6.51. The minimum atomic E-state index is 0.266. The molecule has 4 unspecified atom stereocenters. The molecule has 3 heteroatoms. The van der Waals surface area contributed by atoms with Gasteiger partial charge in [-0.2, -0.15) is 0 Å². The van der Waals surface area contributed by atoms with E-state index in [1.165, 1.54) is 38.6 Å². The minimum Gasteiger partial charge on any atom is -0.329 e. The van der Waals surface area contributed by atoms with Crippen LogP contribution in [0.5, 0.6) is 0 Å². The molecule has 18 heavy (non-hydrogen) atoms. The molecule has 2 aliphatic rings. The largest absolute Gasteiger partial charge is 0.329 e. The summed E-state index contributed by atoms with van der Waals surface area (Å²) in [4.78, 5) is 5.28. The summed E-state index contributed by atoms with van der Waals surface area (Å²) in [6, 6.07) is 2.14. The maximum atomic E-state index is 6.24. The van der Waals surface area contributed by atoms with Crippen LogP contribution in [0.4, 0.5) is 0 Å². The molecule has 3 nitrogen and oxygen atoms in total. The second kappa shape index (κ2) is 5.48. The van der Waals surface area contributed by atoms with E-state index in [1.54, 1.807) is 0 Å². The van der Waals surface area contributed by atoms with Crippen molar-refractivity contribution in [3.05, 3.63) is 0 Å². The van der Waals surface area contributed by atoms with Gasteiger partial charge in [0, 0.05) is 30.2 Å². The van der Waals surface area contributed by atoms with Gasteiger partial charge in [0.25, 0.3) is 0 Å². The summed E-state index contributed by atoms with van der Waals surface area (Å²) >= 11 is 0. The van der Waals surface area contributed by atoms with Crippen LogP contribution in [0.25, 0.3) is 0 Å². The van der Waals surface area contributed by atoms with Crippen molar-refractivity contribution in [3.8, 4) is 0 Å². The molecule has 4 atom stereocenters. The first kappa shape index (κ1) is 14.3. The quantitative estimate of drug-likeness (QED) is 0.835. The number of nitrogens with zero attached hydrogens (tertiary/aromatic N) is 2. The fourth-order valence-electron chi connectivity index (χ4n) is 4.27.